The van der Waals surface area contributed by atoms with Gasteiger partial charge in [0.15, 0.2) is 6.61 Å². The van der Waals surface area contributed by atoms with E-state index >= 15 is 0 Å². The highest BCUT2D eigenvalue weighted by Gasteiger charge is 2.18. The Kier molecular flexibility index (Phi) is 4.65. The lowest BCUT2D eigenvalue weighted by Gasteiger charge is -2.20. The van der Waals surface area contributed by atoms with Crippen molar-refractivity contribution in [3.63, 3.8) is 0 Å². The summed E-state index contributed by atoms with van der Waals surface area (Å²) >= 11 is 1.16. The van der Waals surface area contributed by atoms with Gasteiger partial charge in [0.05, 0.1) is 4.92 Å². The molecule has 0 spiro atoms. The molecule has 0 aliphatic heterocycles. The SMILES string of the molecule is CC(C)(C)NC(=O)COC(=O)c1cc2cc([N+](=O)[O-])ccc2s1. The summed E-state index contributed by atoms with van der Waals surface area (Å²) in [6.07, 6.45) is 0. The van der Waals surface area contributed by atoms with Crippen molar-refractivity contribution in [1.82, 2.24) is 5.32 Å². The summed E-state index contributed by atoms with van der Waals surface area (Å²) < 4.78 is 5.71. The zero-order valence-electron chi connectivity index (χ0n) is 12.9. The van der Waals surface area contributed by atoms with E-state index in [0.29, 0.717) is 10.3 Å². The van der Waals surface area contributed by atoms with Gasteiger partial charge in [-0.1, -0.05) is 0 Å². The molecule has 1 amide bonds. The number of carbonyl (C=O) groups excluding carboxylic acids is 2. The second kappa shape index (κ2) is 6.33. The maximum atomic E-state index is 12.0. The summed E-state index contributed by atoms with van der Waals surface area (Å²) in [6.45, 7) is 5.10. The van der Waals surface area contributed by atoms with Gasteiger partial charge >= 0.3 is 5.97 Å². The summed E-state index contributed by atoms with van der Waals surface area (Å²) in [7, 11) is 0. The number of nitrogens with zero attached hydrogens (tertiary/aromatic N) is 1. The van der Waals surface area contributed by atoms with E-state index in [9.17, 15) is 19.7 Å². The molecule has 0 aliphatic rings. The molecule has 0 bridgehead atoms. The van der Waals surface area contributed by atoms with Gasteiger partial charge in [0.1, 0.15) is 4.88 Å². The topological polar surface area (TPSA) is 98.5 Å². The van der Waals surface area contributed by atoms with Crippen LogP contribution in [0, 0.1) is 10.1 Å². The highest BCUT2D eigenvalue weighted by molar-refractivity contribution is 7.20. The summed E-state index contributed by atoms with van der Waals surface area (Å²) in [5.74, 6) is -1.01. The van der Waals surface area contributed by atoms with Gasteiger partial charge in [0.2, 0.25) is 0 Å². The minimum atomic E-state index is -0.627. The monoisotopic (exact) mass is 336 g/mol. The molecule has 8 heteroatoms. The number of fused-ring (bicyclic) bond motifs is 1. The number of non-ortho nitro benzene ring substituents is 1. The minimum Gasteiger partial charge on any atom is -0.451 e. The van der Waals surface area contributed by atoms with Gasteiger partial charge in [-0.15, -0.1) is 11.3 Å². The van der Waals surface area contributed by atoms with E-state index in [4.69, 9.17) is 4.74 Å². The van der Waals surface area contributed by atoms with E-state index < -0.39 is 16.4 Å². The quantitative estimate of drug-likeness (QED) is 0.526. The summed E-state index contributed by atoms with van der Waals surface area (Å²) in [6, 6.07) is 5.89. The van der Waals surface area contributed by atoms with Gasteiger partial charge in [-0.2, -0.15) is 0 Å². The van der Waals surface area contributed by atoms with Crippen molar-refractivity contribution in [3.8, 4) is 0 Å². The van der Waals surface area contributed by atoms with Crippen LogP contribution >= 0.6 is 11.3 Å². The number of benzene rings is 1. The zero-order valence-corrected chi connectivity index (χ0v) is 13.7. The van der Waals surface area contributed by atoms with Gasteiger partial charge in [0.25, 0.3) is 11.6 Å². The smallest absolute Gasteiger partial charge is 0.348 e. The molecule has 0 unspecified atom stereocenters. The molecule has 0 atom stereocenters. The molecule has 2 aromatic rings. The molecule has 1 aromatic carbocycles. The first kappa shape index (κ1) is 16.9. The summed E-state index contributed by atoms with van der Waals surface area (Å²) in [5.41, 5.74) is -0.445. The fourth-order valence-corrected chi connectivity index (χ4v) is 2.84. The zero-order chi connectivity index (χ0) is 17.2. The molecule has 1 N–H and O–H groups in total. The van der Waals surface area contributed by atoms with E-state index in [1.54, 1.807) is 6.07 Å². The second-order valence-electron chi connectivity index (χ2n) is 5.96. The van der Waals surface area contributed by atoms with Crippen molar-refractivity contribution in [1.29, 1.82) is 0 Å². The molecule has 1 heterocycles. The average molecular weight is 336 g/mol. The second-order valence-corrected chi connectivity index (χ2v) is 7.05. The molecule has 0 radical (unpaired) electrons. The normalized spacial score (nSPS) is 11.3. The number of hydrogen-bond acceptors (Lipinski definition) is 6. The molecule has 0 aliphatic carbocycles. The molecular weight excluding hydrogens is 320 g/mol. The first-order valence-corrected chi connectivity index (χ1v) is 7.63. The van der Waals surface area contributed by atoms with Crippen LogP contribution in [-0.4, -0.2) is 28.9 Å². The van der Waals surface area contributed by atoms with Crippen LogP contribution in [0.5, 0.6) is 0 Å². The number of nitro benzene ring substituents is 1. The van der Waals surface area contributed by atoms with Crippen molar-refractivity contribution >= 4 is 39.0 Å². The molecular formula is C15H16N2O5S. The first-order valence-electron chi connectivity index (χ1n) is 6.82. The van der Waals surface area contributed by atoms with E-state index in [2.05, 4.69) is 5.32 Å². The van der Waals surface area contributed by atoms with Crippen LogP contribution in [0.4, 0.5) is 5.69 Å². The summed E-state index contributed by atoms with van der Waals surface area (Å²) in [4.78, 5) is 34.2. The standard InChI is InChI=1S/C15H16N2O5S/c1-15(2,3)16-13(18)8-22-14(19)12-7-9-6-10(17(20)21)4-5-11(9)23-12/h4-7H,8H2,1-3H3,(H,16,18). The summed E-state index contributed by atoms with van der Waals surface area (Å²) in [5, 5.41) is 14.0. The van der Waals surface area contributed by atoms with Crippen LogP contribution < -0.4 is 5.32 Å². The lowest BCUT2D eigenvalue weighted by Crippen LogP contribution is -2.42. The van der Waals surface area contributed by atoms with Crippen LogP contribution in [0.15, 0.2) is 24.3 Å². The molecule has 0 saturated heterocycles. The molecule has 7 nitrogen and oxygen atoms in total. The van der Waals surface area contributed by atoms with Gasteiger partial charge in [-0.05, 0) is 32.9 Å². The molecule has 2 rings (SSSR count). The van der Waals surface area contributed by atoms with E-state index in [0.717, 1.165) is 16.0 Å². The van der Waals surface area contributed by atoms with E-state index in [1.807, 2.05) is 20.8 Å². The molecule has 0 saturated carbocycles. The molecule has 0 fully saturated rings. The number of esters is 1. The highest BCUT2D eigenvalue weighted by atomic mass is 32.1. The Morgan fingerprint density at radius 3 is 2.61 bits per heavy atom. The van der Waals surface area contributed by atoms with Crippen LogP contribution in [0.2, 0.25) is 0 Å². The first-order chi connectivity index (χ1) is 10.7. The number of nitro groups is 1. The van der Waals surface area contributed by atoms with E-state index in [1.165, 1.54) is 18.2 Å². The molecule has 23 heavy (non-hydrogen) atoms. The number of rotatable bonds is 4. The average Bonchev–Trinajstić information content (AvgIpc) is 2.85. The van der Waals surface area contributed by atoms with Crippen molar-refractivity contribution in [2.75, 3.05) is 6.61 Å². The Bertz CT molecular complexity index is 776. The van der Waals surface area contributed by atoms with Crippen LogP contribution in [0.3, 0.4) is 0 Å². The maximum absolute atomic E-state index is 12.0. The maximum Gasteiger partial charge on any atom is 0.348 e. The van der Waals surface area contributed by atoms with Crippen LogP contribution in [0.25, 0.3) is 10.1 Å². The Morgan fingerprint density at radius 1 is 1.30 bits per heavy atom. The van der Waals surface area contributed by atoms with Crippen molar-refractivity contribution in [2.45, 2.75) is 26.3 Å². The molecule has 1 aromatic heterocycles. The van der Waals surface area contributed by atoms with Crippen molar-refractivity contribution in [2.24, 2.45) is 0 Å². The Hall–Kier alpha value is -2.48. The van der Waals surface area contributed by atoms with Crippen LogP contribution in [-0.2, 0) is 9.53 Å². The minimum absolute atomic E-state index is 0.0419. The van der Waals surface area contributed by atoms with Gasteiger partial charge in [0, 0.05) is 27.8 Å². The van der Waals surface area contributed by atoms with Crippen LogP contribution in [0.1, 0.15) is 30.4 Å². The number of thiophene rings is 1. The number of nitrogens with one attached hydrogen (secondary N) is 1. The van der Waals surface area contributed by atoms with Gasteiger partial charge in [-0.3, -0.25) is 14.9 Å². The largest absolute Gasteiger partial charge is 0.451 e. The Balaban J connectivity index is 2.06. The fraction of sp³-hybridized carbons (Fsp3) is 0.333. The highest BCUT2D eigenvalue weighted by Crippen LogP contribution is 2.29. The van der Waals surface area contributed by atoms with Gasteiger partial charge in [-0.25, -0.2) is 4.79 Å². The number of amides is 1. The van der Waals surface area contributed by atoms with Crippen molar-refractivity contribution < 1.29 is 19.2 Å². The van der Waals surface area contributed by atoms with E-state index in [-0.39, 0.29) is 18.2 Å². The Morgan fingerprint density at radius 2 is 2.00 bits per heavy atom. The third-order valence-corrected chi connectivity index (χ3v) is 3.86. The van der Waals surface area contributed by atoms with Gasteiger partial charge < -0.3 is 10.1 Å². The Labute approximate surface area is 136 Å². The predicted octanol–water partition coefficient (Wildman–Crippen LogP) is 2.88. The number of ether oxygens (including phenoxy) is 1. The predicted molar refractivity (Wildman–Crippen MR) is 86.7 cm³/mol. The van der Waals surface area contributed by atoms with Crippen molar-refractivity contribution in [3.05, 3.63) is 39.3 Å². The third-order valence-electron chi connectivity index (χ3n) is 2.76. The lowest BCUT2D eigenvalue weighted by atomic mass is 10.1. The number of carbonyl (C=O) groups is 2. The molecule has 122 valence electrons. The lowest BCUT2D eigenvalue weighted by molar-refractivity contribution is -0.384. The third kappa shape index (κ3) is 4.49. The number of hydrogen-bond donors (Lipinski definition) is 1. The fourth-order valence-electron chi connectivity index (χ4n) is 1.90.